The van der Waals surface area contributed by atoms with Crippen LogP contribution in [0.3, 0.4) is 0 Å². The Kier molecular flexibility index (Phi) is 7.40. The van der Waals surface area contributed by atoms with E-state index in [1.165, 1.54) is 53.2 Å². The summed E-state index contributed by atoms with van der Waals surface area (Å²) >= 11 is 1.86. The van der Waals surface area contributed by atoms with Crippen LogP contribution >= 0.6 is 11.3 Å². The Morgan fingerprint density at radius 3 is 1.74 bits per heavy atom. The van der Waals surface area contributed by atoms with Crippen molar-refractivity contribution >= 4 is 92.3 Å². The summed E-state index contributed by atoms with van der Waals surface area (Å²) in [6, 6.07) is 74.3. The molecule has 0 aliphatic carbocycles. The molecule has 58 heavy (non-hydrogen) atoms. The van der Waals surface area contributed by atoms with Crippen molar-refractivity contribution in [3.63, 3.8) is 0 Å². The molecule has 3 heterocycles. The second-order valence-corrected chi connectivity index (χ2v) is 16.0. The Balaban J connectivity index is 1.14. The molecule has 0 radical (unpaired) electrons. The largest absolute Gasteiger partial charge is 0.456 e. The number of benzene rings is 9. The second kappa shape index (κ2) is 13.1. The Bertz CT molecular complexity index is 3450. The third-order valence-electron chi connectivity index (χ3n) is 11.6. The van der Waals surface area contributed by atoms with Crippen LogP contribution < -0.4 is 4.90 Å². The molecule has 4 heteroatoms. The topological polar surface area (TPSA) is 21.3 Å². The highest BCUT2D eigenvalue weighted by molar-refractivity contribution is 7.25. The summed E-state index contributed by atoms with van der Waals surface area (Å²) in [7, 11) is 0. The first kappa shape index (κ1) is 32.8. The molecule has 0 saturated carbocycles. The van der Waals surface area contributed by atoms with Gasteiger partial charge in [0.1, 0.15) is 11.2 Å². The van der Waals surface area contributed by atoms with E-state index in [-0.39, 0.29) is 0 Å². The molecule has 0 fully saturated rings. The molecular weight excluding hydrogens is 725 g/mol. The lowest BCUT2D eigenvalue weighted by molar-refractivity contribution is 0.669. The highest BCUT2D eigenvalue weighted by Crippen LogP contribution is 2.47. The average molecular weight is 759 g/mol. The Labute approximate surface area is 338 Å². The number of anilines is 3. The molecule has 0 N–H and O–H groups in total. The van der Waals surface area contributed by atoms with Crippen LogP contribution in [0.2, 0.25) is 0 Å². The fourth-order valence-corrected chi connectivity index (χ4v) is 10.1. The smallest absolute Gasteiger partial charge is 0.138 e. The van der Waals surface area contributed by atoms with Crippen LogP contribution in [0.25, 0.3) is 91.9 Å². The van der Waals surface area contributed by atoms with Crippen LogP contribution in [0, 0.1) is 0 Å². The SMILES string of the molecule is c1ccc(-c2c3c(cc4c2c2ccc(-c5ccc6sc7ccccc7c6c5)cc2n4-c2ccc(N(c4ccccc4)c4ccccc4)cc2)oc2ccccc23)cc1. The Morgan fingerprint density at radius 1 is 0.379 bits per heavy atom. The maximum Gasteiger partial charge on any atom is 0.138 e. The van der Waals surface area contributed by atoms with E-state index in [1.807, 2.05) is 11.3 Å². The molecule has 0 bridgehead atoms. The van der Waals surface area contributed by atoms with Crippen molar-refractivity contribution in [3.8, 4) is 27.9 Å². The van der Waals surface area contributed by atoms with E-state index < -0.39 is 0 Å². The number of rotatable bonds is 6. The fraction of sp³-hybridized carbons (Fsp3) is 0. The number of hydrogen-bond acceptors (Lipinski definition) is 3. The first-order valence-corrected chi connectivity index (χ1v) is 20.5. The van der Waals surface area contributed by atoms with Crippen molar-refractivity contribution < 1.29 is 4.42 Å². The summed E-state index contributed by atoms with van der Waals surface area (Å²) in [5, 5.41) is 7.29. The van der Waals surface area contributed by atoms with E-state index in [1.54, 1.807) is 0 Å². The second-order valence-electron chi connectivity index (χ2n) is 14.9. The number of para-hydroxylation sites is 3. The molecule has 12 aromatic rings. The maximum absolute atomic E-state index is 6.70. The molecule has 0 unspecified atom stereocenters. The van der Waals surface area contributed by atoms with Gasteiger partial charge >= 0.3 is 0 Å². The first-order chi connectivity index (χ1) is 28.8. The third-order valence-corrected chi connectivity index (χ3v) is 12.7. The number of furan rings is 1. The minimum absolute atomic E-state index is 0.877. The van der Waals surface area contributed by atoms with E-state index in [4.69, 9.17) is 4.42 Å². The van der Waals surface area contributed by atoms with Gasteiger partial charge in [0.2, 0.25) is 0 Å². The summed E-state index contributed by atoms with van der Waals surface area (Å²) in [6.07, 6.45) is 0. The molecule has 3 aromatic heterocycles. The summed E-state index contributed by atoms with van der Waals surface area (Å²) in [4.78, 5) is 2.31. The zero-order chi connectivity index (χ0) is 38.2. The molecule has 0 spiro atoms. The minimum Gasteiger partial charge on any atom is -0.456 e. The first-order valence-electron chi connectivity index (χ1n) is 19.7. The van der Waals surface area contributed by atoms with Crippen LogP contribution in [-0.4, -0.2) is 4.57 Å². The molecule has 0 saturated heterocycles. The zero-order valence-corrected chi connectivity index (χ0v) is 32.2. The van der Waals surface area contributed by atoms with Gasteiger partial charge < -0.3 is 13.9 Å². The molecule has 0 amide bonds. The lowest BCUT2D eigenvalue weighted by atomic mass is 9.94. The van der Waals surface area contributed by atoms with Gasteiger partial charge in [-0.05, 0) is 95.6 Å². The minimum atomic E-state index is 0.877. The third kappa shape index (κ3) is 5.12. The summed E-state index contributed by atoms with van der Waals surface area (Å²) < 4.78 is 11.8. The van der Waals surface area contributed by atoms with Crippen LogP contribution in [0.15, 0.2) is 211 Å². The van der Waals surface area contributed by atoms with E-state index in [2.05, 4.69) is 216 Å². The number of nitrogens with zero attached hydrogens (tertiary/aromatic N) is 2. The quantitative estimate of drug-likeness (QED) is 0.168. The number of fused-ring (bicyclic) bond motifs is 9. The van der Waals surface area contributed by atoms with Gasteiger partial charge in [0.25, 0.3) is 0 Å². The highest BCUT2D eigenvalue weighted by Gasteiger charge is 2.23. The zero-order valence-electron chi connectivity index (χ0n) is 31.3. The lowest BCUT2D eigenvalue weighted by Gasteiger charge is -2.25. The molecule has 0 aliphatic rings. The van der Waals surface area contributed by atoms with Crippen LogP contribution in [0.4, 0.5) is 17.1 Å². The van der Waals surface area contributed by atoms with Crippen molar-refractivity contribution in [1.29, 1.82) is 0 Å². The van der Waals surface area contributed by atoms with E-state index in [0.717, 1.165) is 55.7 Å². The van der Waals surface area contributed by atoms with Crippen molar-refractivity contribution in [2.24, 2.45) is 0 Å². The monoisotopic (exact) mass is 758 g/mol. The number of aromatic nitrogens is 1. The van der Waals surface area contributed by atoms with Crippen molar-refractivity contribution in [2.75, 3.05) is 4.90 Å². The van der Waals surface area contributed by atoms with Gasteiger partial charge in [-0.2, -0.15) is 0 Å². The van der Waals surface area contributed by atoms with Gasteiger partial charge in [0, 0.05) is 76.1 Å². The number of thiophene rings is 1. The Morgan fingerprint density at radius 2 is 0.983 bits per heavy atom. The standard InChI is InChI=1S/C54H34N2OS/c1-4-14-35(15-5-1)52-53-43-30-24-37(36-25-31-51-45(32-36)42-20-11-13-23-50(42)58-51)33-46(43)56(47(53)34-49-54(52)44-21-10-12-22-48(44)57-49)41-28-26-40(27-29-41)55(38-16-6-2-7-17-38)39-18-8-3-9-19-39/h1-34H. The Hall–Kier alpha value is -7.40. The average Bonchev–Trinajstić information content (AvgIpc) is 3.96. The van der Waals surface area contributed by atoms with E-state index >= 15 is 0 Å². The summed E-state index contributed by atoms with van der Waals surface area (Å²) in [5.74, 6) is 0. The normalized spacial score (nSPS) is 11.8. The predicted octanol–water partition coefficient (Wildman–Crippen LogP) is 15.9. The van der Waals surface area contributed by atoms with Crippen LogP contribution in [0.1, 0.15) is 0 Å². The molecule has 9 aromatic carbocycles. The van der Waals surface area contributed by atoms with Gasteiger partial charge in [0.05, 0.1) is 11.0 Å². The lowest BCUT2D eigenvalue weighted by Crippen LogP contribution is -2.09. The highest BCUT2D eigenvalue weighted by atomic mass is 32.1. The van der Waals surface area contributed by atoms with Gasteiger partial charge in [-0.1, -0.05) is 121 Å². The summed E-state index contributed by atoms with van der Waals surface area (Å²) in [6.45, 7) is 0. The van der Waals surface area contributed by atoms with E-state index in [9.17, 15) is 0 Å². The molecule has 12 rings (SSSR count). The maximum atomic E-state index is 6.70. The van der Waals surface area contributed by atoms with Gasteiger partial charge in [-0.25, -0.2) is 0 Å². The molecule has 3 nitrogen and oxygen atoms in total. The summed E-state index contributed by atoms with van der Waals surface area (Å²) in [5.41, 5.74) is 13.1. The van der Waals surface area contributed by atoms with E-state index in [0.29, 0.717) is 0 Å². The predicted molar refractivity (Wildman–Crippen MR) is 247 cm³/mol. The van der Waals surface area contributed by atoms with Crippen molar-refractivity contribution in [1.82, 2.24) is 4.57 Å². The fourth-order valence-electron chi connectivity index (χ4n) is 8.99. The molecular formula is C54H34N2OS. The molecule has 0 atom stereocenters. The molecule has 272 valence electrons. The van der Waals surface area contributed by atoms with Gasteiger partial charge in [-0.15, -0.1) is 11.3 Å². The van der Waals surface area contributed by atoms with Gasteiger partial charge in [-0.3, -0.25) is 0 Å². The van der Waals surface area contributed by atoms with Crippen molar-refractivity contribution in [3.05, 3.63) is 206 Å². The molecule has 0 aliphatic heterocycles. The number of hydrogen-bond donors (Lipinski definition) is 0. The van der Waals surface area contributed by atoms with Crippen LogP contribution in [-0.2, 0) is 0 Å². The van der Waals surface area contributed by atoms with Gasteiger partial charge in [0.15, 0.2) is 0 Å². The van der Waals surface area contributed by atoms with Crippen LogP contribution in [0.5, 0.6) is 0 Å². The van der Waals surface area contributed by atoms with Crippen molar-refractivity contribution in [2.45, 2.75) is 0 Å².